The number of benzene rings is 1. The molecule has 1 aromatic carbocycles. The van der Waals surface area contributed by atoms with Gasteiger partial charge < -0.3 is 14.8 Å². The van der Waals surface area contributed by atoms with E-state index >= 15 is 0 Å². The topological polar surface area (TPSA) is 83.7 Å². The Labute approximate surface area is 155 Å². The number of thioether (sulfide) groups is 1. The monoisotopic (exact) mass is 369 g/mol. The minimum atomic E-state index is -0.959. The zero-order valence-corrected chi connectivity index (χ0v) is 15.1. The predicted molar refractivity (Wildman–Crippen MR) is 101 cm³/mol. The lowest BCUT2D eigenvalue weighted by molar-refractivity contribution is -0.118. The van der Waals surface area contributed by atoms with Crippen LogP contribution in [0, 0.1) is 6.92 Å². The fourth-order valence-corrected chi connectivity index (χ4v) is 3.23. The molecule has 0 spiro atoms. The second-order valence-electron chi connectivity index (χ2n) is 5.98. The minimum Gasteiger partial charge on any atom is -0.478 e. The van der Waals surface area contributed by atoms with E-state index in [-0.39, 0.29) is 11.5 Å². The second kappa shape index (κ2) is 8.05. The van der Waals surface area contributed by atoms with E-state index in [9.17, 15) is 9.59 Å². The quantitative estimate of drug-likeness (QED) is 0.669. The number of carboxylic acids is 1. The fourth-order valence-electron chi connectivity index (χ4n) is 2.49. The molecule has 3 rings (SSSR count). The van der Waals surface area contributed by atoms with Crippen molar-refractivity contribution in [1.82, 2.24) is 14.7 Å². The molecule has 2 aromatic heterocycles. The van der Waals surface area contributed by atoms with E-state index in [4.69, 9.17) is 5.11 Å². The molecule has 1 amide bonds. The summed E-state index contributed by atoms with van der Waals surface area (Å²) in [6, 6.07) is 10.5. The van der Waals surface area contributed by atoms with Crippen molar-refractivity contribution in [2.24, 2.45) is 0 Å². The van der Waals surface area contributed by atoms with Gasteiger partial charge in [-0.1, -0.05) is 18.2 Å². The Hall–Kier alpha value is -2.80. The molecule has 0 saturated carbocycles. The normalized spacial score (nSPS) is 10.8. The van der Waals surface area contributed by atoms with Crippen molar-refractivity contribution in [3.05, 3.63) is 71.2 Å². The number of carboxylic acid groups (broad SMARTS) is 1. The van der Waals surface area contributed by atoms with Crippen LogP contribution in [0.2, 0.25) is 0 Å². The number of carbonyl (C=O) groups is 2. The van der Waals surface area contributed by atoms with Crippen LogP contribution in [-0.4, -0.2) is 32.1 Å². The van der Waals surface area contributed by atoms with Crippen molar-refractivity contribution >= 4 is 29.3 Å². The van der Waals surface area contributed by atoms with Crippen LogP contribution in [-0.2, 0) is 17.1 Å². The van der Waals surface area contributed by atoms with Gasteiger partial charge in [-0.05, 0) is 36.2 Å². The number of carbonyl (C=O) groups excluding carboxylic acids is 1. The summed E-state index contributed by atoms with van der Waals surface area (Å²) in [5.41, 5.74) is 4.12. The third-order valence-corrected chi connectivity index (χ3v) is 4.79. The number of nitrogens with one attached hydrogen (secondary N) is 1. The summed E-state index contributed by atoms with van der Waals surface area (Å²) >= 11 is 1.51. The number of hydrogen-bond donors (Lipinski definition) is 2. The van der Waals surface area contributed by atoms with Crippen LogP contribution in [0.25, 0.3) is 5.65 Å². The van der Waals surface area contributed by atoms with Gasteiger partial charge in [-0.15, -0.1) is 11.8 Å². The lowest BCUT2D eigenvalue weighted by Crippen LogP contribution is -2.24. The van der Waals surface area contributed by atoms with Crippen molar-refractivity contribution < 1.29 is 14.7 Å². The van der Waals surface area contributed by atoms with E-state index in [1.807, 2.05) is 35.9 Å². The van der Waals surface area contributed by atoms with Gasteiger partial charge >= 0.3 is 5.97 Å². The lowest BCUT2D eigenvalue weighted by Gasteiger charge is -2.05. The highest BCUT2D eigenvalue weighted by Gasteiger charge is 2.06. The summed E-state index contributed by atoms with van der Waals surface area (Å²) in [5.74, 6) is -0.00214. The molecule has 0 aliphatic rings. The molecule has 0 unspecified atom stereocenters. The van der Waals surface area contributed by atoms with Gasteiger partial charge in [0.1, 0.15) is 5.65 Å². The van der Waals surface area contributed by atoms with Crippen molar-refractivity contribution in [2.75, 3.05) is 5.75 Å². The Morgan fingerprint density at radius 1 is 1.15 bits per heavy atom. The molecule has 6 nitrogen and oxygen atoms in total. The average molecular weight is 369 g/mol. The summed E-state index contributed by atoms with van der Waals surface area (Å²) in [7, 11) is 0. The highest BCUT2D eigenvalue weighted by molar-refractivity contribution is 7.99. The SMILES string of the molecule is Cc1ccc2nc(CSCC(=O)NCc3ccc(C(=O)O)cc3)cn2c1. The standard InChI is InChI=1S/C19H19N3O3S/c1-13-2-7-17-21-16(10-22(17)9-13)11-26-12-18(23)20-8-14-3-5-15(6-4-14)19(24)25/h2-7,9-10H,8,11-12H2,1H3,(H,20,23)(H,24,25). The maximum absolute atomic E-state index is 11.9. The predicted octanol–water partition coefficient (Wildman–Crippen LogP) is 2.89. The van der Waals surface area contributed by atoms with Crippen LogP contribution in [0.5, 0.6) is 0 Å². The number of aryl methyl sites for hydroxylation is 1. The number of amides is 1. The van der Waals surface area contributed by atoms with Crippen LogP contribution in [0.3, 0.4) is 0 Å². The first-order valence-electron chi connectivity index (χ1n) is 8.12. The Kier molecular flexibility index (Phi) is 5.58. The molecular weight excluding hydrogens is 350 g/mol. The largest absolute Gasteiger partial charge is 0.478 e. The molecule has 0 aliphatic carbocycles. The van der Waals surface area contributed by atoms with Gasteiger partial charge in [0.25, 0.3) is 0 Å². The van der Waals surface area contributed by atoms with Gasteiger partial charge in [0.05, 0.1) is 17.0 Å². The van der Waals surface area contributed by atoms with Crippen LogP contribution in [0.4, 0.5) is 0 Å². The van der Waals surface area contributed by atoms with Crippen LogP contribution in [0.1, 0.15) is 27.2 Å². The first kappa shape index (κ1) is 18.0. The molecule has 0 bridgehead atoms. The van der Waals surface area contributed by atoms with E-state index in [0.29, 0.717) is 18.1 Å². The second-order valence-corrected chi connectivity index (χ2v) is 6.96. The molecule has 2 heterocycles. The highest BCUT2D eigenvalue weighted by Crippen LogP contribution is 2.13. The molecule has 0 radical (unpaired) electrons. The third-order valence-electron chi connectivity index (χ3n) is 3.82. The highest BCUT2D eigenvalue weighted by atomic mass is 32.2. The Morgan fingerprint density at radius 3 is 2.65 bits per heavy atom. The molecule has 2 N–H and O–H groups in total. The number of imidazole rings is 1. The smallest absolute Gasteiger partial charge is 0.335 e. The number of rotatable bonds is 7. The Morgan fingerprint density at radius 2 is 1.92 bits per heavy atom. The summed E-state index contributed by atoms with van der Waals surface area (Å²) in [6.45, 7) is 2.42. The minimum absolute atomic E-state index is 0.0584. The molecule has 0 saturated heterocycles. The van der Waals surface area contributed by atoms with Crippen LogP contribution >= 0.6 is 11.8 Å². The van der Waals surface area contributed by atoms with E-state index in [2.05, 4.69) is 10.3 Å². The number of pyridine rings is 1. The lowest BCUT2D eigenvalue weighted by atomic mass is 10.1. The molecule has 134 valence electrons. The summed E-state index contributed by atoms with van der Waals surface area (Å²) in [5, 5.41) is 11.7. The van der Waals surface area contributed by atoms with Gasteiger partial charge in [-0.2, -0.15) is 0 Å². The van der Waals surface area contributed by atoms with E-state index < -0.39 is 5.97 Å². The van der Waals surface area contributed by atoms with Crippen molar-refractivity contribution in [2.45, 2.75) is 19.2 Å². The first-order chi connectivity index (χ1) is 12.5. The van der Waals surface area contributed by atoms with Gasteiger partial charge in [-0.25, -0.2) is 9.78 Å². The van der Waals surface area contributed by atoms with Gasteiger partial charge in [0.2, 0.25) is 5.91 Å². The van der Waals surface area contributed by atoms with Gasteiger partial charge in [0.15, 0.2) is 0 Å². The Balaban J connectivity index is 1.44. The van der Waals surface area contributed by atoms with Crippen molar-refractivity contribution in [1.29, 1.82) is 0 Å². The van der Waals surface area contributed by atoms with Gasteiger partial charge in [-0.3, -0.25) is 4.79 Å². The molecule has 3 aromatic rings. The van der Waals surface area contributed by atoms with E-state index in [1.54, 1.807) is 12.1 Å². The number of nitrogens with zero attached hydrogens (tertiary/aromatic N) is 2. The summed E-state index contributed by atoms with van der Waals surface area (Å²) in [4.78, 5) is 27.3. The maximum Gasteiger partial charge on any atom is 0.335 e. The summed E-state index contributed by atoms with van der Waals surface area (Å²) in [6.07, 6.45) is 4.01. The zero-order chi connectivity index (χ0) is 18.5. The number of aromatic nitrogens is 2. The van der Waals surface area contributed by atoms with Crippen LogP contribution in [0.15, 0.2) is 48.8 Å². The molecule has 26 heavy (non-hydrogen) atoms. The summed E-state index contributed by atoms with van der Waals surface area (Å²) < 4.78 is 1.99. The molecule has 0 atom stereocenters. The molecule has 0 aliphatic heterocycles. The molecule has 7 heteroatoms. The number of fused-ring (bicyclic) bond motifs is 1. The van der Waals surface area contributed by atoms with Gasteiger partial charge in [0, 0.05) is 24.7 Å². The van der Waals surface area contributed by atoms with Crippen molar-refractivity contribution in [3.8, 4) is 0 Å². The number of hydrogen-bond acceptors (Lipinski definition) is 4. The van der Waals surface area contributed by atoms with E-state index in [1.165, 1.54) is 29.5 Å². The average Bonchev–Trinajstić information content (AvgIpc) is 3.02. The number of aromatic carboxylic acids is 1. The maximum atomic E-state index is 11.9. The first-order valence-corrected chi connectivity index (χ1v) is 9.27. The Bertz CT molecular complexity index is 935. The molecule has 0 fully saturated rings. The van der Waals surface area contributed by atoms with Crippen molar-refractivity contribution in [3.63, 3.8) is 0 Å². The third kappa shape index (κ3) is 4.64. The zero-order valence-electron chi connectivity index (χ0n) is 14.3. The molecular formula is C19H19N3O3S. The fraction of sp³-hybridized carbons (Fsp3) is 0.211. The van der Waals surface area contributed by atoms with Crippen LogP contribution < -0.4 is 5.32 Å². The van der Waals surface area contributed by atoms with E-state index in [0.717, 1.165) is 16.9 Å².